The van der Waals surface area contributed by atoms with E-state index in [4.69, 9.17) is 16.3 Å². The molecule has 0 N–H and O–H groups in total. The van der Waals surface area contributed by atoms with Crippen LogP contribution in [0.3, 0.4) is 0 Å². The largest absolute Gasteiger partial charge is 0.457 e. The zero-order chi connectivity index (χ0) is 14.4. The molecular formula is C18H21ClO. The highest BCUT2D eigenvalue weighted by atomic mass is 35.5. The highest BCUT2D eigenvalue weighted by Gasteiger charge is 2.02. The van der Waals surface area contributed by atoms with Gasteiger partial charge in [-0.25, -0.2) is 0 Å². The minimum absolute atomic E-state index is 0.540. The summed E-state index contributed by atoms with van der Waals surface area (Å²) in [7, 11) is 0. The first-order valence-electron chi connectivity index (χ1n) is 7.15. The molecule has 1 nitrogen and oxygen atoms in total. The number of hydrogen-bond acceptors (Lipinski definition) is 1. The van der Waals surface area contributed by atoms with Gasteiger partial charge in [-0.1, -0.05) is 31.5 Å². The summed E-state index contributed by atoms with van der Waals surface area (Å²) in [6.07, 6.45) is 3.60. The fourth-order valence-electron chi connectivity index (χ4n) is 2.12. The Kier molecular flexibility index (Phi) is 5.49. The molecule has 0 amide bonds. The van der Waals surface area contributed by atoms with Crippen LogP contribution in [0.25, 0.3) is 0 Å². The van der Waals surface area contributed by atoms with E-state index in [-0.39, 0.29) is 0 Å². The van der Waals surface area contributed by atoms with Crippen LogP contribution in [-0.4, -0.2) is 0 Å². The van der Waals surface area contributed by atoms with E-state index in [0.717, 1.165) is 29.0 Å². The number of hydrogen-bond donors (Lipinski definition) is 0. The zero-order valence-corrected chi connectivity index (χ0v) is 12.9. The van der Waals surface area contributed by atoms with Crippen LogP contribution in [0.4, 0.5) is 0 Å². The van der Waals surface area contributed by atoms with Gasteiger partial charge < -0.3 is 4.74 Å². The van der Waals surface area contributed by atoms with Gasteiger partial charge in [0.05, 0.1) is 0 Å². The van der Waals surface area contributed by atoms with E-state index in [1.165, 1.54) is 18.4 Å². The number of unbranched alkanes of at least 4 members (excludes halogenated alkanes) is 1. The molecule has 0 fully saturated rings. The Labute approximate surface area is 126 Å². The molecule has 0 bridgehead atoms. The van der Waals surface area contributed by atoms with E-state index in [1.807, 2.05) is 30.3 Å². The average Bonchev–Trinajstić information content (AvgIpc) is 2.47. The Hall–Kier alpha value is -1.47. The van der Waals surface area contributed by atoms with Crippen molar-refractivity contribution < 1.29 is 4.74 Å². The second-order valence-electron chi connectivity index (χ2n) is 5.07. The molecule has 0 aliphatic carbocycles. The summed E-state index contributed by atoms with van der Waals surface area (Å²) in [5.74, 6) is 2.28. The molecule has 0 aliphatic rings. The fraction of sp³-hybridized carbons (Fsp3) is 0.333. The van der Waals surface area contributed by atoms with Crippen LogP contribution in [-0.2, 0) is 12.3 Å². The predicted octanol–water partition coefficient (Wildman–Crippen LogP) is 5.87. The fourth-order valence-corrected chi connectivity index (χ4v) is 2.42. The van der Waals surface area contributed by atoms with E-state index in [2.05, 4.69) is 26.0 Å². The Morgan fingerprint density at radius 2 is 1.70 bits per heavy atom. The van der Waals surface area contributed by atoms with Crippen LogP contribution in [0.15, 0.2) is 42.5 Å². The van der Waals surface area contributed by atoms with Gasteiger partial charge in [-0.3, -0.25) is 0 Å². The van der Waals surface area contributed by atoms with Crippen LogP contribution >= 0.6 is 11.6 Å². The van der Waals surface area contributed by atoms with Gasteiger partial charge >= 0.3 is 0 Å². The van der Waals surface area contributed by atoms with Gasteiger partial charge in [0.1, 0.15) is 11.5 Å². The van der Waals surface area contributed by atoms with Crippen molar-refractivity contribution >= 4 is 11.6 Å². The molecule has 0 radical (unpaired) electrons. The van der Waals surface area contributed by atoms with Crippen molar-refractivity contribution in [1.82, 2.24) is 0 Å². The predicted molar refractivity (Wildman–Crippen MR) is 85.9 cm³/mol. The lowest BCUT2D eigenvalue weighted by molar-refractivity contribution is 0.482. The topological polar surface area (TPSA) is 9.23 Å². The number of benzene rings is 2. The average molecular weight is 289 g/mol. The van der Waals surface area contributed by atoms with E-state index in [0.29, 0.717) is 5.88 Å². The minimum Gasteiger partial charge on any atom is -0.457 e. The third kappa shape index (κ3) is 4.01. The van der Waals surface area contributed by atoms with Crippen molar-refractivity contribution in [3.05, 3.63) is 59.2 Å². The second-order valence-corrected chi connectivity index (χ2v) is 5.34. The first-order chi connectivity index (χ1) is 9.72. The van der Waals surface area contributed by atoms with Gasteiger partial charge in [-0.2, -0.15) is 0 Å². The van der Waals surface area contributed by atoms with Crippen LogP contribution in [0.1, 0.15) is 36.5 Å². The van der Waals surface area contributed by atoms with Crippen molar-refractivity contribution in [2.24, 2.45) is 0 Å². The summed E-state index contributed by atoms with van der Waals surface area (Å²) >= 11 is 5.86. The van der Waals surface area contributed by atoms with Gasteiger partial charge in [0.2, 0.25) is 0 Å². The minimum atomic E-state index is 0.540. The lowest BCUT2D eigenvalue weighted by atomic mass is 10.1. The molecule has 2 aromatic rings. The van der Waals surface area contributed by atoms with Gasteiger partial charge in [0.25, 0.3) is 0 Å². The summed E-state index contributed by atoms with van der Waals surface area (Å²) in [5, 5.41) is 0. The summed E-state index contributed by atoms with van der Waals surface area (Å²) in [6.45, 7) is 4.27. The Morgan fingerprint density at radius 3 is 2.30 bits per heavy atom. The normalized spacial score (nSPS) is 10.6. The maximum atomic E-state index is 5.88. The van der Waals surface area contributed by atoms with E-state index < -0.39 is 0 Å². The molecule has 0 atom stereocenters. The Morgan fingerprint density at radius 1 is 1.00 bits per heavy atom. The monoisotopic (exact) mass is 288 g/mol. The number of halogens is 1. The molecule has 2 rings (SSSR count). The SMILES string of the molecule is CCCCc1ccc(Oc2ccc(CCl)c(C)c2)cc1. The standard InChI is InChI=1S/C18H21ClO/c1-3-4-5-15-6-9-17(10-7-15)20-18-11-8-16(13-19)14(2)12-18/h6-12H,3-5,13H2,1-2H3. The quantitative estimate of drug-likeness (QED) is 0.604. The maximum absolute atomic E-state index is 5.88. The summed E-state index contributed by atoms with van der Waals surface area (Å²) in [5.41, 5.74) is 3.68. The highest BCUT2D eigenvalue weighted by Crippen LogP contribution is 2.25. The second kappa shape index (κ2) is 7.35. The van der Waals surface area contributed by atoms with Crippen LogP contribution in [0.2, 0.25) is 0 Å². The smallest absolute Gasteiger partial charge is 0.127 e. The summed E-state index contributed by atoms with van der Waals surface area (Å²) in [4.78, 5) is 0. The number of alkyl halides is 1. The van der Waals surface area contributed by atoms with E-state index in [1.54, 1.807) is 0 Å². The van der Waals surface area contributed by atoms with Crippen molar-refractivity contribution in [3.8, 4) is 11.5 Å². The van der Waals surface area contributed by atoms with Crippen molar-refractivity contribution in [2.45, 2.75) is 39.0 Å². The molecular weight excluding hydrogens is 268 g/mol. The molecule has 0 saturated carbocycles. The van der Waals surface area contributed by atoms with Crippen LogP contribution in [0, 0.1) is 6.92 Å². The molecule has 106 valence electrons. The molecule has 0 heterocycles. The van der Waals surface area contributed by atoms with Crippen molar-refractivity contribution in [1.29, 1.82) is 0 Å². The molecule has 0 unspecified atom stereocenters. The summed E-state index contributed by atoms with van der Waals surface area (Å²) < 4.78 is 5.88. The van der Waals surface area contributed by atoms with Crippen LogP contribution < -0.4 is 4.74 Å². The van der Waals surface area contributed by atoms with Gasteiger partial charge in [0, 0.05) is 5.88 Å². The molecule has 20 heavy (non-hydrogen) atoms. The van der Waals surface area contributed by atoms with Gasteiger partial charge in [0.15, 0.2) is 0 Å². The molecule has 2 aromatic carbocycles. The highest BCUT2D eigenvalue weighted by molar-refractivity contribution is 6.17. The number of ether oxygens (including phenoxy) is 1. The van der Waals surface area contributed by atoms with Crippen molar-refractivity contribution in [2.75, 3.05) is 0 Å². The van der Waals surface area contributed by atoms with Crippen molar-refractivity contribution in [3.63, 3.8) is 0 Å². The number of aryl methyl sites for hydroxylation is 2. The van der Waals surface area contributed by atoms with E-state index >= 15 is 0 Å². The lowest BCUT2D eigenvalue weighted by Crippen LogP contribution is -1.89. The molecule has 0 aromatic heterocycles. The Bertz CT molecular complexity index is 546. The Balaban J connectivity index is 2.04. The molecule has 0 saturated heterocycles. The van der Waals surface area contributed by atoms with Gasteiger partial charge in [-0.05, 0) is 60.7 Å². The van der Waals surface area contributed by atoms with E-state index in [9.17, 15) is 0 Å². The third-order valence-electron chi connectivity index (χ3n) is 3.44. The third-order valence-corrected chi connectivity index (χ3v) is 3.72. The molecule has 0 spiro atoms. The van der Waals surface area contributed by atoms with Gasteiger partial charge in [-0.15, -0.1) is 11.6 Å². The first-order valence-corrected chi connectivity index (χ1v) is 7.68. The first kappa shape index (κ1) is 14.9. The molecule has 0 aliphatic heterocycles. The lowest BCUT2D eigenvalue weighted by Gasteiger charge is -2.09. The number of rotatable bonds is 6. The molecule has 2 heteroatoms. The maximum Gasteiger partial charge on any atom is 0.127 e. The van der Waals surface area contributed by atoms with Crippen LogP contribution in [0.5, 0.6) is 11.5 Å². The zero-order valence-electron chi connectivity index (χ0n) is 12.2. The summed E-state index contributed by atoms with van der Waals surface area (Å²) in [6, 6.07) is 14.4.